The van der Waals surface area contributed by atoms with E-state index in [9.17, 15) is 4.79 Å². The number of fused-ring (bicyclic) bond motifs is 1. The molecule has 0 atom stereocenters. The molecule has 2 N–H and O–H groups in total. The Bertz CT molecular complexity index is 551. The topological polar surface area (TPSA) is 49.3 Å². The summed E-state index contributed by atoms with van der Waals surface area (Å²) in [6.07, 6.45) is 5.95. The molecule has 1 amide bonds. The third-order valence-corrected chi connectivity index (χ3v) is 3.64. The van der Waals surface area contributed by atoms with Crippen LogP contribution in [-0.4, -0.2) is 11.1 Å². The lowest BCUT2D eigenvalue weighted by molar-refractivity contribution is 0.0706. The van der Waals surface area contributed by atoms with Crippen LogP contribution in [0.4, 0.5) is 0 Å². The largest absolute Gasteiger partial charge is 0.288 e. The Morgan fingerprint density at radius 2 is 2.00 bits per heavy atom. The number of amides is 1. The minimum Gasteiger partial charge on any atom is -0.288 e. The molecular weight excluding hydrogens is 250 g/mol. The highest BCUT2D eigenvalue weighted by molar-refractivity contribution is 5.94. The summed E-state index contributed by atoms with van der Waals surface area (Å²) in [5.74, 6) is -0.472. The molecule has 3 nitrogen and oxygen atoms in total. The Morgan fingerprint density at radius 1 is 1.15 bits per heavy atom. The van der Waals surface area contributed by atoms with E-state index in [-0.39, 0.29) is 0 Å². The van der Waals surface area contributed by atoms with Gasteiger partial charge < -0.3 is 0 Å². The van der Waals surface area contributed by atoms with Crippen molar-refractivity contribution in [2.75, 3.05) is 0 Å². The number of unbranched alkanes of at least 4 members (excludes halogenated alkanes) is 3. The highest BCUT2D eigenvalue weighted by atomic mass is 16.5. The SMILES string of the molecule is CCCCCCc1ccc2cccc(C(=O)NO)cc1-2. The molecule has 0 aromatic rings. The van der Waals surface area contributed by atoms with E-state index in [1.54, 1.807) is 11.5 Å². The zero-order chi connectivity index (χ0) is 14.4. The van der Waals surface area contributed by atoms with Gasteiger partial charge in [-0.2, -0.15) is 0 Å². The molecule has 0 aliphatic heterocycles. The lowest BCUT2D eigenvalue weighted by Crippen LogP contribution is -2.18. The van der Waals surface area contributed by atoms with E-state index >= 15 is 0 Å². The van der Waals surface area contributed by atoms with Gasteiger partial charge in [0.1, 0.15) is 0 Å². The predicted octanol–water partition coefficient (Wildman–Crippen LogP) is 4.03. The quantitative estimate of drug-likeness (QED) is 0.473. The molecule has 2 aliphatic rings. The van der Waals surface area contributed by atoms with Crippen molar-refractivity contribution in [3.8, 4) is 11.1 Å². The number of hydrogen-bond acceptors (Lipinski definition) is 2. The molecule has 0 radical (unpaired) electrons. The number of hydroxylamine groups is 1. The van der Waals surface area contributed by atoms with Crippen LogP contribution in [0.3, 0.4) is 0 Å². The molecule has 0 bridgehead atoms. The van der Waals surface area contributed by atoms with E-state index in [1.807, 2.05) is 18.2 Å². The van der Waals surface area contributed by atoms with Gasteiger partial charge >= 0.3 is 0 Å². The van der Waals surface area contributed by atoms with Gasteiger partial charge in [0, 0.05) is 5.56 Å². The first kappa shape index (κ1) is 14.5. The lowest BCUT2D eigenvalue weighted by Gasteiger charge is -2.03. The molecule has 0 unspecified atom stereocenters. The number of rotatable bonds is 6. The Labute approximate surface area is 119 Å². The van der Waals surface area contributed by atoms with Crippen molar-refractivity contribution >= 4 is 5.91 Å². The fourth-order valence-corrected chi connectivity index (χ4v) is 2.50. The van der Waals surface area contributed by atoms with E-state index in [0.29, 0.717) is 5.56 Å². The van der Waals surface area contributed by atoms with Crippen LogP contribution in [0.2, 0.25) is 0 Å². The standard InChI is InChI=1S/C17H21NO2/c1-2-3-4-5-7-13-10-11-14-8-6-9-15(12-16(13)14)17(19)18-20/h6,8-12,20H,2-5,7H2,1H3,(H,18,19). The Hall–Kier alpha value is -1.87. The van der Waals surface area contributed by atoms with Gasteiger partial charge in [-0.1, -0.05) is 50.5 Å². The van der Waals surface area contributed by atoms with E-state index < -0.39 is 5.91 Å². The zero-order valence-electron chi connectivity index (χ0n) is 11.9. The van der Waals surface area contributed by atoms with Crippen molar-refractivity contribution in [1.82, 2.24) is 5.48 Å². The summed E-state index contributed by atoms with van der Waals surface area (Å²) in [4.78, 5) is 11.6. The first-order chi connectivity index (χ1) is 9.76. The van der Waals surface area contributed by atoms with Gasteiger partial charge in [-0.05, 0) is 41.7 Å². The number of carbonyl (C=O) groups excluding carboxylic acids is 1. The Morgan fingerprint density at radius 3 is 2.75 bits per heavy atom. The fraction of sp³-hybridized carbons (Fsp3) is 0.353. The maximum atomic E-state index is 11.6. The minimum absolute atomic E-state index is 0.472. The molecule has 3 heteroatoms. The van der Waals surface area contributed by atoms with Crippen molar-refractivity contribution in [2.24, 2.45) is 0 Å². The van der Waals surface area contributed by atoms with E-state index in [1.165, 1.54) is 31.2 Å². The van der Waals surface area contributed by atoms with Crippen molar-refractivity contribution < 1.29 is 10.0 Å². The molecule has 0 aromatic carbocycles. The molecule has 2 aliphatic carbocycles. The fourth-order valence-electron chi connectivity index (χ4n) is 2.50. The average Bonchev–Trinajstić information content (AvgIpc) is 2.71. The highest BCUT2D eigenvalue weighted by Gasteiger charge is 2.11. The molecule has 2 rings (SSSR count). The smallest absolute Gasteiger partial charge is 0.274 e. The second kappa shape index (κ2) is 7.06. The van der Waals surface area contributed by atoms with Gasteiger partial charge in [-0.15, -0.1) is 0 Å². The van der Waals surface area contributed by atoms with E-state index in [2.05, 4.69) is 19.1 Å². The third kappa shape index (κ3) is 3.36. The first-order valence-electron chi connectivity index (χ1n) is 7.22. The van der Waals surface area contributed by atoms with Crippen molar-refractivity contribution in [1.29, 1.82) is 0 Å². The van der Waals surface area contributed by atoms with Crippen molar-refractivity contribution in [3.63, 3.8) is 0 Å². The molecule has 0 aromatic heterocycles. The minimum atomic E-state index is -0.472. The molecular formula is C17H21NO2. The molecule has 0 heterocycles. The zero-order valence-corrected chi connectivity index (χ0v) is 11.9. The lowest BCUT2D eigenvalue weighted by atomic mass is 10.0. The van der Waals surface area contributed by atoms with Crippen LogP contribution in [0.15, 0.2) is 36.4 Å². The van der Waals surface area contributed by atoms with Crippen LogP contribution in [0.25, 0.3) is 11.1 Å². The van der Waals surface area contributed by atoms with Gasteiger partial charge in [0.05, 0.1) is 0 Å². The van der Waals surface area contributed by atoms with Gasteiger partial charge in [0.2, 0.25) is 0 Å². The van der Waals surface area contributed by atoms with Crippen LogP contribution in [0.5, 0.6) is 0 Å². The monoisotopic (exact) mass is 271 g/mol. The summed E-state index contributed by atoms with van der Waals surface area (Å²) >= 11 is 0. The van der Waals surface area contributed by atoms with Crippen LogP contribution >= 0.6 is 0 Å². The van der Waals surface area contributed by atoms with Crippen LogP contribution in [0, 0.1) is 0 Å². The first-order valence-corrected chi connectivity index (χ1v) is 7.22. The molecule has 20 heavy (non-hydrogen) atoms. The Balaban J connectivity index is 2.22. The van der Waals surface area contributed by atoms with Gasteiger partial charge in [0.15, 0.2) is 0 Å². The molecule has 0 saturated heterocycles. The summed E-state index contributed by atoms with van der Waals surface area (Å²) in [5, 5.41) is 8.76. The number of aryl methyl sites for hydroxylation is 1. The van der Waals surface area contributed by atoms with Gasteiger partial charge in [-0.3, -0.25) is 10.0 Å². The molecule has 0 fully saturated rings. The summed E-state index contributed by atoms with van der Waals surface area (Å²) in [6.45, 7) is 2.21. The second-order valence-electron chi connectivity index (χ2n) is 5.10. The van der Waals surface area contributed by atoms with Gasteiger partial charge in [0.25, 0.3) is 5.91 Å². The summed E-state index contributed by atoms with van der Waals surface area (Å²) < 4.78 is 0. The van der Waals surface area contributed by atoms with Crippen LogP contribution < -0.4 is 5.48 Å². The maximum absolute atomic E-state index is 11.6. The number of nitrogens with one attached hydrogen (secondary N) is 1. The average molecular weight is 271 g/mol. The third-order valence-electron chi connectivity index (χ3n) is 3.64. The Kier molecular flexibility index (Phi) is 5.13. The van der Waals surface area contributed by atoms with Gasteiger partial charge in [-0.25, -0.2) is 5.48 Å². The van der Waals surface area contributed by atoms with Crippen molar-refractivity contribution in [3.05, 3.63) is 47.5 Å². The summed E-state index contributed by atoms with van der Waals surface area (Å²) in [5.41, 5.74) is 5.68. The summed E-state index contributed by atoms with van der Waals surface area (Å²) in [7, 11) is 0. The summed E-state index contributed by atoms with van der Waals surface area (Å²) in [6, 6.07) is 11.6. The highest BCUT2D eigenvalue weighted by Crippen LogP contribution is 2.29. The normalized spacial score (nSPS) is 10.7. The van der Waals surface area contributed by atoms with Crippen LogP contribution in [-0.2, 0) is 6.42 Å². The molecule has 106 valence electrons. The number of hydrogen-bond donors (Lipinski definition) is 2. The van der Waals surface area contributed by atoms with E-state index in [0.717, 1.165) is 17.5 Å². The second-order valence-corrected chi connectivity index (χ2v) is 5.10. The van der Waals surface area contributed by atoms with E-state index in [4.69, 9.17) is 5.21 Å². The molecule has 0 saturated carbocycles. The van der Waals surface area contributed by atoms with Crippen LogP contribution in [0.1, 0.15) is 48.5 Å². The predicted molar refractivity (Wildman–Crippen MR) is 80.2 cm³/mol. The molecule has 0 spiro atoms. The maximum Gasteiger partial charge on any atom is 0.274 e. The number of carbonyl (C=O) groups is 1. The van der Waals surface area contributed by atoms with Crippen molar-refractivity contribution in [2.45, 2.75) is 39.0 Å².